The number of rotatable bonds is 5. The van der Waals surface area contributed by atoms with Gasteiger partial charge in [-0.1, -0.05) is 19.0 Å². The van der Waals surface area contributed by atoms with E-state index >= 15 is 0 Å². The van der Waals surface area contributed by atoms with E-state index in [1.807, 2.05) is 19.1 Å². The van der Waals surface area contributed by atoms with E-state index in [2.05, 4.69) is 44.3 Å². The third kappa shape index (κ3) is 3.67. The van der Waals surface area contributed by atoms with Crippen LogP contribution in [0.3, 0.4) is 0 Å². The summed E-state index contributed by atoms with van der Waals surface area (Å²) in [4.78, 5) is 18.0. The Morgan fingerprint density at radius 2 is 1.96 bits per heavy atom. The van der Waals surface area contributed by atoms with Crippen LogP contribution in [0.1, 0.15) is 55.7 Å². The zero-order valence-corrected chi connectivity index (χ0v) is 15.9. The van der Waals surface area contributed by atoms with Gasteiger partial charge in [-0.3, -0.25) is 4.98 Å². The summed E-state index contributed by atoms with van der Waals surface area (Å²) in [7, 11) is 0. The fourth-order valence-electron chi connectivity index (χ4n) is 3.47. The van der Waals surface area contributed by atoms with E-state index in [1.165, 1.54) is 24.1 Å². The van der Waals surface area contributed by atoms with Crippen LogP contribution in [0.25, 0.3) is 11.4 Å². The average Bonchev–Trinajstić information content (AvgIpc) is 3.16. The van der Waals surface area contributed by atoms with Crippen molar-refractivity contribution in [1.82, 2.24) is 25.1 Å². The Bertz CT molecular complexity index is 921. The molecule has 3 aromatic heterocycles. The second-order valence-corrected chi connectivity index (χ2v) is 7.32. The van der Waals surface area contributed by atoms with Gasteiger partial charge in [-0.2, -0.15) is 4.98 Å². The normalized spacial score (nSPS) is 14.8. The van der Waals surface area contributed by atoms with Crippen molar-refractivity contribution < 1.29 is 4.52 Å². The Morgan fingerprint density at radius 1 is 1.11 bits per heavy atom. The number of pyridine rings is 1. The molecule has 7 nitrogen and oxygen atoms in total. The molecule has 3 aromatic rings. The number of aromatic nitrogens is 5. The molecule has 0 spiro atoms. The quantitative estimate of drug-likeness (QED) is 0.734. The zero-order valence-electron chi connectivity index (χ0n) is 15.9. The van der Waals surface area contributed by atoms with Crippen molar-refractivity contribution in [2.24, 2.45) is 5.92 Å². The highest BCUT2D eigenvalue weighted by atomic mass is 16.5. The maximum atomic E-state index is 5.59. The Balaban J connectivity index is 1.65. The molecule has 1 aliphatic rings. The van der Waals surface area contributed by atoms with Crippen LogP contribution in [-0.4, -0.2) is 25.1 Å². The molecular formula is C20H24N6O. The Labute approximate surface area is 158 Å². The molecule has 0 radical (unpaired) electrons. The van der Waals surface area contributed by atoms with Gasteiger partial charge in [0.1, 0.15) is 17.7 Å². The van der Waals surface area contributed by atoms with E-state index in [0.29, 0.717) is 11.7 Å². The van der Waals surface area contributed by atoms with Crippen LogP contribution in [0, 0.1) is 12.8 Å². The van der Waals surface area contributed by atoms with Gasteiger partial charge in [0.05, 0.1) is 0 Å². The molecule has 7 heteroatoms. The van der Waals surface area contributed by atoms with E-state index in [9.17, 15) is 0 Å². The number of nitrogens with zero attached hydrogens (tertiary/aromatic N) is 5. The summed E-state index contributed by atoms with van der Waals surface area (Å²) in [6, 6.07) is 3.66. The van der Waals surface area contributed by atoms with Crippen LogP contribution >= 0.6 is 0 Å². The molecule has 4 rings (SSSR count). The average molecular weight is 364 g/mol. The molecule has 1 unspecified atom stereocenters. The number of anilines is 1. The Hall–Kier alpha value is -2.83. The van der Waals surface area contributed by atoms with Gasteiger partial charge < -0.3 is 9.84 Å². The molecule has 1 N–H and O–H groups in total. The number of aryl methyl sites for hydroxylation is 2. The van der Waals surface area contributed by atoms with E-state index in [0.717, 1.165) is 30.0 Å². The van der Waals surface area contributed by atoms with Crippen molar-refractivity contribution in [2.75, 3.05) is 5.32 Å². The smallest absolute Gasteiger partial charge is 0.249 e. The lowest BCUT2D eigenvalue weighted by Gasteiger charge is -2.24. The second-order valence-electron chi connectivity index (χ2n) is 7.32. The van der Waals surface area contributed by atoms with Crippen LogP contribution in [0.2, 0.25) is 0 Å². The minimum absolute atomic E-state index is 0.122. The minimum Gasteiger partial charge on any atom is -0.358 e. The molecule has 0 aliphatic heterocycles. The Morgan fingerprint density at radius 3 is 2.74 bits per heavy atom. The lowest BCUT2D eigenvalue weighted by molar-refractivity contribution is 0.335. The highest BCUT2D eigenvalue weighted by Gasteiger charge is 2.26. The SMILES string of the molecule is Cc1nc2c(c(NC(c3nc(-c4cccnc4)no3)C(C)C)n1)CCCC2. The summed E-state index contributed by atoms with van der Waals surface area (Å²) >= 11 is 0. The second kappa shape index (κ2) is 7.42. The van der Waals surface area contributed by atoms with Crippen molar-refractivity contribution in [1.29, 1.82) is 0 Å². The fraction of sp³-hybridized carbons (Fsp3) is 0.450. The maximum absolute atomic E-state index is 5.59. The predicted octanol–water partition coefficient (Wildman–Crippen LogP) is 3.92. The van der Waals surface area contributed by atoms with Crippen LogP contribution in [-0.2, 0) is 12.8 Å². The van der Waals surface area contributed by atoms with Gasteiger partial charge in [0.2, 0.25) is 11.7 Å². The first-order valence-corrected chi connectivity index (χ1v) is 9.48. The molecule has 1 atom stereocenters. The topological polar surface area (TPSA) is 89.6 Å². The molecule has 0 saturated carbocycles. The molecular weight excluding hydrogens is 340 g/mol. The number of nitrogens with one attached hydrogen (secondary N) is 1. The fourth-order valence-corrected chi connectivity index (χ4v) is 3.47. The van der Waals surface area contributed by atoms with E-state index < -0.39 is 0 Å². The van der Waals surface area contributed by atoms with E-state index in [-0.39, 0.29) is 12.0 Å². The van der Waals surface area contributed by atoms with Gasteiger partial charge in [0.15, 0.2) is 0 Å². The molecule has 0 aromatic carbocycles. The van der Waals surface area contributed by atoms with E-state index in [4.69, 9.17) is 4.52 Å². The summed E-state index contributed by atoms with van der Waals surface area (Å²) in [5.41, 5.74) is 3.23. The van der Waals surface area contributed by atoms with Crippen LogP contribution in [0.4, 0.5) is 5.82 Å². The van der Waals surface area contributed by atoms with Gasteiger partial charge >= 0.3 is 0 Å². The maximum Gasteiger partial charge on any atom is 0.249 e. The van der Waals surface area contributed by atoms with Crippen LogP contribution in [0.5, 0.6) is 0 Å². The molecule has 0 fully saturated rings. The van der Waals surface area contributed by atoms with Gasteiger partial charge in [0, 0.05) is 29.2 Å². The summed E-state index contributed by atoms with van der Waals surface area (Å²) in [6.07, 6.45) is 7.85. The van der Waals surface area contributed by atoms with Crippen molar-refractivity contribution in [2.45, 2.75) is 52.5 Å². The summed E-state index contributed by atoms with van der Waals surface area (Å²) < 4.78 is 5.59. The highest BCUT2D eigenvalue weighted by Crippen LogP contribution is 2.31. The Kier molecular flexibility index (Phi) is 4.83. The highest BCUT2D eigenvalue weighted by molar-refractivity contribution is 5.53. The number of hydrogen-bond donors (Lipinski definition) is 1. The van der Waals surface area contributed by atoms with Crippen LogP contribution in [0.15, 0.2) is 29.0 Å². The first-order chi connectivity index (χ1) is 13.1. The van der Waals surface area contributed by atoms with Gasteiger partial charge in [0.25, 0.3) is 0 Å². The predicted molar refractivity (Wildman–Crippen MR) is 102 cm³/mol. The van der Waals surface area contributed by atoms with Crippen molar-refractivity contribution >= 4 is 5.82 Å². The summed E-state index contributed by atoms with van der Waals surface area (Å²) in [5, 5.41) is 7.70. The lowest BCUT2D eigenvalue weighted by Crippen LogP contribution is -2.21. The molecule has 0 amide bonds. The lowest BCUT2D eigenvalue weighted by atomic mass is 9.95. The zero-order chi connectivity index (χ0) is 18.8. The van der Waals surface area contributed by atoms with Crippen molar-refractivity contribution in [3.8, 4) is 11.4 Å². The van der Waals surface area contributed by atoms with Gasteiger partial charge in [-0.25, -0.2) is 9.97 Å². The van der Waals surface area contributed by atoms with Gasteiger partial charge in [-0.05, 0) is 50.7 Å². The monoisotopic (exact) mass is 364 g/mol. The molecule has 140 valence electrons. The third-order valence-electron chi connectivity index (χ3n) is 4.88. The van der Waals surface area contributed by atoms with Crippen molar-refractivity contribution in [3.05, 3.63) is 47.5 Å². The van der Waals surface area contributed by atoms with Gasteiger partial charge in [-0.15, -0.1) is 0 Å². The standard InChI is InChI=1S/C20H24N6O/c1-12(2)17(20-25-18(26-27-20)14-7-6-10-21-11-14)24-19-15-8-4-5-9-16(15)22-13(3)23-19/h6-7,10-12,17H,4-5,8-9H2,1-3H3,(H,22,23,24). The molecule has 0 bridgehead atoms. The largest absolute Gasteiger partial charge is 0.358 e. The van der Waals surface area contributed by atoms with Crippen LogP contribution < -0.4 is 5.32 Å². The molecule has 1 aliphatic carbocycles. The van der Waals surface area contributed by atoms with Crippen molar-refractivity contribution in [3.63, 3.8) is 0 Å². The van der Waals surface area contributed by atoms with E-state index in [1.54, 1.807) is 12.4 Å². The molecule has 27 heavy (non-hydrogen) atoms. The molecule has 0 saturated heterocycles. The summed E-state index contributed by atoms with van der Waals surface area (Å²) in [5.74, 6) is 3.05. The third-order valence-corrected chi connectivity index (χ3v) is 4.88. The number of fused-ring (bicyclic) bond motifs is 1. The first kappa shape index (κ1) is 17.6. The molecule has 3 heterocycles. The minimum atomic E-state index is -0.122. The number of hydrogen-bond acceptors (Lipinski definition) is 7. The first-order valence-electron chi connectivity index (χ1n) is 9.48. The summed E-state index contributed by atoms with van der Waals surface area (Å²) in [6.45, 7) is 6.20.